The molecule has 2 atom stereocenters. The van der Waals surface area contributed by atoms with E-state index in [0.717, 1.165) is 33.7 Å². The van der Waals surface area contributed by atoms with E-state index in [1.807, 2.05) is 7.05 Å². The van der Waals surface area contributed by atoms with Crippen LogP contribution in [0.15, 0.2) is 0 Å². The first-order valence-electron chi connectivity index (χ1n) is 6.04. The third-order valence-corrected chi connectivity index (χ3v) is 4.11. The molecule has 0 bridgehead atoms. The second kappa shape index (κ2) is 6.12. The number of anilines is 1. The number of nitrogens with zero attached hydrogens (tertiary/aromatic N) is 2. The Kier molecular flexibility index (Phi) is 4.74. The highest BCUT2D eigenvalue weighted by Gasteiger charge is 2.27. The lowest BCUT2D eigenvalue weighted by Crippen LogP contribution is -2.12. The molecular weight excluding hydrogens is 345 g/mol. The van der Waals surface area contributed by atoms with Crippen molar-refractivity contribution in [2.24, 2.45) is 0 Å². The molecule has 1 N–H and O–H groups in total. The van der Waals surface area contributed by atoms with Crippen LogP contribution in [0.4, 0.5) is 5.82 Å². The Morgan fingerprint density at radius 2 is 2.22 bits per heavy atom. The third-order valence-electron chi connectivity index (χ3n) is 2.97. The summed E-state index contributed by atoms with van der Waals surface area (Å²) in [7, 11) is 3.54. The number of nitrogens with one attached hydrogen (secondary N) is 1. The second-order valence-corrected chi connectivity index (χ2v) is 5.47. The van der Waals surface area contributed by atoms with Crippen molar-refractivity contribution >= 4 is 28.4 Å². The van der Waals surface area contributed by atoms with Crippen LogP contribution in [-0.2, 0) is 16.1 Å². The molecule has 0 amide bonds. The summed E-state index contributed by atoms with van der Waals surface area (Å²) < 4.78 is 12.0. The number of rotatable bonds is 4. The Bertz CT molecular complexity index is 428. The predicted octanol–water partition coefficient (Wildman–Crippen LogP) is 2.51. The standard InChI is InChI=1S/C12H18IN3O2/c1-7-4-5-9(18-7)11-15-8(6-17-3)10(13)12(14-2)16-11/h7,9H,4-6H2,1-3H3,(H,14,15,16). The molecule has 100 valence electrons. The first-order chi connectivity index (χ1) is 8.65. The molecule has 0 aliphatic carbocycles. The van der Waals surface area contributed by atoms with Gasteiger partial charge in [-0.15, -0.1) is 0 Å². The zero-order valence-corrected chi connectivity index (χ0v) is 13.0. The van der Waals surface area contributed by atoms with E-state index in [1.54, 1.807) is 7.11 Å². The summed E-state index contributed by atoms with van der Waals surface area (Å²) >= 11 is 2.24. The molecule has 1 aliphatic rings. The van der Waals surface area contributed by atoms with Gasteiger partial charge in [0.1, 0.15) is 11.9 Å². The normalized spacial score (nSPS) is 23.3. The number of methoxy groups -OCH3 is 1. The van der Waals surface area contributed by atoms with Crippen molar-refractivity contribution < 1.29 is 9.47 Å². The molecule has 6 heteroatoms. The minimum Gasteiger partial charge on any atom is -0.378 e. The van der Waals surface area contributed by atoms with E-state index in [0.29, 0.717) is 12.7 Å². The maximum absolute atomic E-state index is 5.82. The maximum atomic E-state index is 5.82. The fourth-order valence-corrected chi connectivity index (χ4v) is 2.71. The van der Waals surface area contributed by atoms with E-state index in [-0.39, 0.29) is 6.10 Å². The summed E-state index contributed by atoms with van der Waals surface area (Å²) in [6.45, 7) is 2.58. The highest BCUT2D eigenvalue weighted by Crippen LogP contribution is 2.32. The lowest BCUT2D eigenvalue weighted by Gasteiger charge is -2.14. The van der Waals surface area contributed by atoms with E-state index in [9.17, 15) is 0 Å². The third kappa shape index (κ3) is 2.92. The number of halogens is 1. The Balaban J connectivity index is 2.32. The lowest BCUT2D eigenvalue weighted by molar-refractivity contribution is 0.0499. The van der Waals surface area contributed by atoms with E-state index < -0.39 is 0 Å². The first kappa shape index (κ1) is 14.0. The van der Waals surface area contributed by atoms with Gasteiger partial charge in [0.15, 0.2) is 5.82 Å². The Morgan fingerprint density at radius 1 is 1.44 bits per heavy atom. The average Bonchev–Trinajstić information content (AvgIpc) is 2.79. The van der Waals surface area contributed by atoms with Crippen LogP contribution in [0.3, 0.4) is 0 Å². The molecular formula is C12H18IN3O2. The number of ether oxygens (including phenoxy) is 2. The van der Waals surface area contributed by atoms with Crippen LogP contribution in [0.25, 0.3) is 0 Å². The fraction of sp³-hybridized carbons (Fsp3) is 0.667. The molecule has 0 saturated carbocycles. The molecule has 2 heterocycles. The summed E-state index contributed by atoms with van der Waals surface area (Å²) in [4.78, 5) is 9.12. The molecule has 0 spiro atoms. The van der Waals surface area contributed by atoms with Crippen molar-refractivity contribution in [1.29, 1.82) is 0 Å². The zero-order valence-electron chi connectivity index (χ0n) is 10.9. The van der Waals surface area contributed by atoms with Crippen LogP contribution < -0.4 is 5.32 Å². The predicted molar refractivity (Wildman–Crippen MR) is 77.5 cm³/mol. The second-order valence-electron chi connectivity index (χ2n) is 4.39. The van der Waals surface area contributed by atoms with Crippen molar-refractivity contribution in [2.45, 2.75) is 38.6 Å². The van der Waals surface area contributed by atoms with Gasteiger partial charge in [-0.05, 0) is 42.4 Å². The van der Waals surface area contributed by atoms with Crippen LogP contribution in [0, 0.1) is 3.57 Å². The molecule has 2 unspecified atom stereocenters. The number of hydrogen-bond acceptors (Lipinski definition) is 5. The number of aromatic nitrogens is 2. The van der Waals surface area contributed by atoms with Gasteiger partial charge >= 0.3 is 0 Å². The molecule has 2 rings (SSSR count). The summed E-state index contributed by atoms with van der Waals surface area (Å²) in [5, 5.41) is 3.10. The topological polar surface area (TPSA) is 56.3 Å². The van der Waals surface area contributed by atoms with E-state index in [4.69, 9.17) is 9.47 Å². The van der Waals surface area contributed by atoms with Gasteiger partial charge in [-0.25, -0.2) is 9.97 Å². The Labute approximate surface area is 121 Å². The molecule has 1 fully saturated rings. The summed E-state index contributed by atoms with van der Waals surface area (Å²) in [5.74, 6) is 1.60. The van der Waals surface area contributed by atoms with Crippen LogP contribution in [0.2, 0.25) is 0 Å². The Morgan fingerprint density at radius 3 is 2.78 bits per heavy atom. The number of hydrogen-bond donors (Lipinski definition) is 1. The minimum absolute atomic E-state index is 0.0136. The van der Waals surface area contributed by atoms with Crippen molar-refractivity contribution in [3.05, 3.63) is 15.1 Å². The van der Waals surface area contributed by atoms with Gasteiger partial charge in [0.05, 0.1) is 22.0 Å². The monoisotopic (exact) mass is 363 g/mol. The lowest BCUT2D eigenvalue weighted by atomic mass is 10.2. The van der Waals surface area contributed by atoms with Gasteiger partial charge in [-0.1, -0.05) is 0 Å². The van der Waals surface area contributed by atoms with Crippen molar-refractivity contribution in [3.8, 4) is 0 Å². The average molecular weight is 363 g/mol. The smallest absolute Gasteiger partial charge is 0.159 e. The van der Waals surface area contributed by atoms with E-state index in [1.165, 1.54) is 0 Å². The van der Waals surface area contributed by atoms with Crippen LogP contribution >= 0.6 is 22.6 Å². The zero-order chi connectivity index (χ0) is 13.1. The highest BCUT2D eigenvalue weighted by molar-refractivity contribution is 14.1. The summed E-state index contributed by atoms with van der Waals surface area (Å²) in [6.07, 6.45) is 2.35. The van der Waals surface area contributed by atoms with Gasteiger partial charge in [0.25, 0.3) is 0 Å². The van der Waals surface area contributed by atoms with E-state index >= 15 is 0 Å². The minimum atomic E-state index is 0.0136. The van der Waals surface area contributed by atoms with Gasteiger partial charge < -0.3 is 14.8 Å². The van der Waals surface area contributed by atoms with Gasteiger partial charge in [-0.2, -0.15) is 0 Å². The van der Waals surface area contributed by atoms with Crippen LogP contribution in [0.5, 0.6) is 0 Å². The molecule has 1 saturated heterocycles. The summed E-state index contributed by atoms with van der Waals surface area (Å²) in [5.41, 5.74) is 0.913. The van der Waals surface area contributed by atoms with Gasteiger partial charge in [-0.3, -0.25) is 0 Å². The van der Waals surface area contributed by atoms with E-state index in [2.05, 4.69) is 44.8 Å². The Hall–Kier alpha value is -0.470. The highest BCUT2D eigenvalue weighted by atomic mass is 127. The van der Waals surface area contributed by atoms with Gasteiger partial charge in [0, 0.05) is 14.2 Å². The quantitative estimate of drug-likeness (QED) is 0.834. The SMILES string of the molecule is CNc1nc(C2CCC(C)O2)nc(COC)c1I. The first-order valence-corrected chi connectivity index (χ1v) is 7.12. The summed E-state index contributed by atoms with van der Waals surface area (Å²) in [6, 6.07) is 0. The molecule has 0 radical (unpaired) electrons. The fourth-order valence-electron chi connectivity index (χ4n) is 2.05. The van der Waals surface area contributed by atoms with Gasteiger partial charge in [0.2, 0.25) is 0 Å². The van der Waals surface area contributed by atoms with Crippen molar-refractivity contribution in [3.63, 3.8) is 0 Å². The molecule has 0 aromatic carbocycles. The van der Waals surface area contributed by atoms with Crippen LogP contribution in [0.1, 0.15) is 37.4 Å². The molecule has 1 aromatic rings. The van der Waals surface area contributed by atoms with Crippen molar-refractivity contribution in [2.75, 3.05) is 19.5 Å². The maximum Gasteiger partial charge on any atom is 0.159 e. The molecule has 1 aliphatic heterocycles. The molecule has 18 heavy (non-hydrogen) atoms. The van der Waals surface area contributed by atoms with Crippen LogP contribution in [-0.4, -0.2) is 30.2 Å². The van der Waals surface area contributed by atoms with Crippen molar-refractivity contribution in [1.82, 2.24) is 9.97 Å². The largest absolute Gasteiger partial charge is 0.378 e. The molecule has 5 nitrogen and oxygen atoms in total. The molecule has 1 aromatic heterocycles.